The van der Waals surface area contributed by atoms with Gasteiger partial charge in [0.05, 0.1) is 10.4 Å². The van der Waals surface area contributed by atoms with Crippen LogP contribution in [0.5, 0.6) is 0 Å². The highest BCUT2D eigenvalue weighted by molar-refractivity contribution is 5.95. The first kappa shape index (κ1) is 12.8. The van der Waals surface area contributed by atoms with Crippen LogP contribution < -0.4 is 10.6 Å². The maximum Gasteiger partial charge on any atom is 0.311 e. The lowest BCUT2D eigenvalue weighted by atomic mass is 10.1. The van der Waals surface area contributed by atoms with Crippen LogP contribution in [0, 0.1) is 10.1 Å². The molecular formula is C14H16N4O2. The average molecular weight is 272 g/mol. The highest BCUT2D eigenvalue weighted by atomic mass is 16.6. The summed E-state index contributed by atoms with van der Waals surface area (Å²) in [5, 5.41) is 18.6. The summed E-state index contributed by atoms with van der Waals surface area (Å²) in [6.07, 6.45) is 3.43. The van der Waals surface area contributed by atoms with Gasteiger partial charge in [-0.2, -0.15) is 0 Å². The summed E-state index contributed by atoms with van der Waals surface area (Å²) in [6, 6.07) is 7.70. The summed E-state index contributed by atoms with van der Waals surface area (Å²) < 4.78 is 0. The Morgan fingerprint density at radius 3 is 3.00 bits per heavy atom. The topological polar surface area (TPSA) is 80.1 Å². The number of aromatic nitrogens is 1. The van der Waals surface area contributed by atoms with Crippen molar-refractivity contribution in [3.63, 3.8) is 0 Å². The molecule has 20 heavy (non-hydrogen) atoms. The zero-order chi connectivity index (χ0) is 13.9. The molecule has 0 spiro atoms. The van der Waals surface area contributed by atoms with Gasteiger partial charge in [-0.3, -0.25) is 10.1 Å². The molecule has 1 fully saturated rings. The van der Waals surface area contributed by atoms with Crippen molar-refractivity contribution in [3.05, 3.63) is 40.6 Å². The molecule has 6 heteroatoms. The number of nitrogens with zero attached hydrogens (tertiary/aromatic N) is 2. The molecule has 1 atom stereocenters. The molecule has 2 N–H and O–H groups in total. The van der Waals surface area contributed by atoms with Gasteiger partial charge in [0.2, 0.25) is 0 Å². The van der Waals surface area contributed by atoms with Gasteiger partial charge < -0.3 is 10.6 Å². The van der Waals surface area contributed by atoms with Crippen LogP contribution in [0.15, 0.2) is 30.5 Å². The molecule has 6 nitrogen and oxygen atoms in total. The molecule has 1 aliphatic rings. The number of pyridine rings is 1. The summed E-state index contributed by atoms with van der Waals surface area (Å²) >= 11 is 0. The Hall–Kier alpha value is -2.21. The Bertz CT molecular complexity index is 638. The molecule has 2 heterocycles. The lowest BCUT2D eigenvalue weighted by Gasteiger charge is -2.25. The molecule has 0 saturated carbocycles. The number of hydrogen-bond donors (Lipinski definition) is 2. The summed E-state index contributed by atoms with van der Waals surface area (Å²) in [4.78, 5) is 15.0. The number of fused-ring (bicyclic) bond motifs is 1. The highest BCUT2D eigenvalue weighted by Crippen LogP contribution is 2.32. The molecule has 1 unspecified atom stereocenters. The lowest BCUT2D eigenvalue weighted by Crippen LogP contribution is -2.38. The first-order valence-electron chi connectivity index (χ1n) is 6.75. The van der Waals surface area contributed by atoms with E-state index in [1.165, 1.54) is 6.20 Å². The van der Waals surface area contributed by atoms with E-state index in [9.17, 15) is 10.1 Å². The number of hydrogen-bond acceptors (Lipinski definition) is 5. The summed E-state index contributed by atoms with van der Waals surface area (Å²) in [5.74, 6) is 0. The van der Waals surface area contributed by atoms with E-state index in [1.807, 2.05) is 24.3 Å². The first-order valence-corrected chi connectivity index (χ1v) is 6.75. The third-order valence-electron chi connectivity index (χ3n) is 3.60. The van der Waals surface area contributed by atoms with E-state index in [4.69, 9.17) is 0 Å². The fourth-order valence-electron chi connectivity index (χ4n) is 2.60. The van der Waals surface area contributed by atoms with Crippen LogP contribution >= 0.6 is 0 Å². The monoisotopic (exact) mass is 272 g/mol. The fourth-order valence-corrected chi connectivity index (χ4v) is 2.60. The maximum atomic E-state index is 11.2. The van der Waals surface area contributed by atoms with Crippen molar-refractivity contribution >= 4 is 22.3 Å². The third kappa shape index (κ3) is 2.42. The van der Waals surface area contributed by atoms with Crippen molar-refractivity contribution in [3.8, 4) is 0 Å². The van der Waals surface area contributed by atoms with E-state index in [0.717, 1.165) is 36.8 Å². The lowest BCUT2D eigenvalue weighted by molar-refractivity contribution is -0.384. The van der Waals surface area contributed by atoms with Gasteiger partial charge in [-0.15, -0.1) is 0 Å². The van der Waals surface area contributed by atoms with Crippen LogP contribution in [0.1, 0.15) is 12.8 Å². The molecule has 0 radical (unpaired) electrons. The van der Waals surface area contributed by atoms with Crippen molar-refractivity contribution in [1.82, 2.24) is 10.3 Å². The van der Waals surface area contributed by atoms with Gasteiger partial charge in [-0.05, 0) is 25.5 Å². The molecule has 0 bridgehead atoms. The van der Waals surface area contributed by atoms with Crippen molar-refractivity contribution in [1.29, 1.82) is 0 Å². The molecular weight excluding hydrogens is 256 g/mol. The molecule has 1 aromatic carbocycles. The number of nitro groups is 1. The van der Waals surface area contributed by atoms with Crippen LogP contribution in [-0.2, 0) is 0 Å². The number of anilines is 1. The first-order chi connectivity index (χ1) is 9.75. The number of benzene rings is 1. The van der Waals surface area contributed by atoms with Crippen LogP contribution in [0.2, 0.25) is 0 Å². The number of piperidine rings is 1. The highest BCUT2D eigenvalue weighted by Gasteiger charge is 2.21. The van der Waals surface area contributed by atoms with E-state index in [-0.39, 0.29) is 16.7 Å². The quantitative estimate of drug-likeness (QED) is 0.662. The second-order valence-electron chi connectivity index (χ2n) is 4.98. The van der Waals surface area contributed by atoms with Gasteiger partial charge >= 0.3 is 5.69 Å². The van der Waals surface area contributed by atoms with Gasteiger partial charge in [-0.25, -0.2) is 4.98 Å². The van der Waals surface area contributed by atoms with E-state index in [2.05, 4.69) is 15.6 Å². The Labute approximate surface area is 116 Å². The zero-order valence-electron chi connectivity index (χ0n) is 11.0. The van der Waals surface area contributed by atoms with E-state index >= 15 is 0 Å². The number of rotatable bonds is 3. The minimum absolute atomic E-state index is 0.0364. The SMILES string of the molecule is O=[N+]([O-])c1cnc2ccccc2c1NC1CCCNC1. The number of para-hydroxylation sites is 1. The predicted molar refractivity (Wildman–Crippen MR) is 77.9 cm³/mol. The molecule has 1 saturated heterocycles. The van der Waals surface area contributed by atoms with Gasteiger partial charge in [0.25, 0.3) is 0 Å². The largest absolute Gasteiger partial charge is 0.375 e. The molecule has 0 amide bonds. The fraction of sp³-hybridized carbons (Fsp3) is 0.357. The van der Waals surface area contributed by atoms with Gasteiger partial charge in [-0.1, -0.05) is 18.2 Å². The normalized spacial score (nSPS) is 18.9. The van der Waals surface area contributed by atoms with E-state index in [0.29, 0.717) is 5.69 Å². The average Bonchev–Trinajstić information content (AvgIpc) is 2.48. The van der Waals surface area contributed by atoms with Crippen LogP contribution in [0.25, 0.3) is 10.9 Å². The van der Waals surface area contributed by atoms with E-state index in [1.54, 1.807) is 0 Å². The van der Waals surface area contributed by atoms with Crippen molar-refractivity contribution < 1.29 is 4.92 Å². The van der Waals surface area contributed by atoms with Crippen LogP contribution in [0.4, 0.5) is 11.4 Å². The van der Waals surface area contributed by atoms with Gasteiger partial charge in [0.1, 0.15) is 11.9 Å². The molecule has 0 aliphatic carbocycles. The minimum Gasteiger partial charge on any atom is -0.375 e. The van der Waals surface area contributed by atoms with Crippen molar-refractivity contribution in [2.45, 2.75) is 18.9 Å². The molecule has 1 aromatic heterocycles. The van der Waals surface area contributed by atoms with Crippen molar-refractivity contribution in [2.75, 3.05) is 18.4 Å². The van der Waals surface area contributed by atoms with E-state index < -0.39 is 0 Å². The maximum absolute atomic E-state index is 11.2. The Kier molecular flexibility index (Phi) is 3.47. The van der Waals surface area contributed by atoms with Crippen LogP contribution in [-0.4, -0.2) is 29.0 Å². The predicted octanol–water partition coefficient (Wildman–Crippen LogP) is 2.31. The molecule has 3 rings (SSSR count). The molecule has 104 valence electrons. The van der Waals surface area contributed by atoms with Gasteiger partial charge in [0, 0.05) is 18.0 Å². The summed E-state index contributed by atoms with van der Waals surface area (Å²) in [7, 11) is 0. The Balaban J connectivity index is 2.04. The smallest absolute Gasteiger partial charge is 0.311 e. The summed E-state index contributed by atoms with van der Waals surface area (Å²) in [5.41, 5.74) is 1.38. The van der Waals surface area contributed by atoms with Crippen LogP contribution in [0.3, 0.4) is 0 Å². The molecule has 2 aromatic rings. The third-order valence-corrected chi connectivity index (χ3v) is 3.60. The minimum atomic E-state index is -0.377. The Morgan fingerprint density at radius 1 is 1.40 bits per heavy atom. The van der Waals surface area contributed by atoms with Gasteiger partial charge in [0.15, 0.2) is 0 Å². The standard InChI is InChI=1S/C14H16N4O2/c19-18(20)13-9-16-12-6-2-1-5-11(12)14(13)17-10-4-3-7-15-8-10/h1-2,5-6,9-10,15H,3-4,7-8H2,(H,16,17). The van der Waals surface area contributed by atoms with Crippen molar-refractivity contribution in [2.24, 2.45) is 0 Å². The Morgan fingerprint density at radius 2 is 2.25 bits per heavy atom. The second kappa shape index (κ2) is 5.42. The molecule has 1 aliphatic heterocycles. The number of nitrogens with one attached hydrogen (secondary N) is 2. The zero-order valence-corrected chi connectivity index (χ0v) is 11.0. The second-order valence-corrected chi connectivity index (χ2v) is 4.98. The summed E-state index contributed by atoms with van der Waals surface area (Å²) in [6.45, 7) is 1.84.